The lowest BCUT2D eigenvalue weighted by atomic mass is 10.1. The Kier molecular flexibility index (Phi) is 4.11. The van der Waals surface area contributed by atoms with E-state index >= 15 is 0 Å². The quantitative estimate of drug-likeness (QED) is 0.786. The highest BCUT2D eigenvalue weighted by Crippen LogP contribution is 2.43. The van der Waals surface area contributed by atoms with Crippen LogP contribution in [0.2, 0.25) is 0 Å². The number of ether oxygens (including phenoxy) is 3. The number of halogens is 1. The summed E-state index contributed by atoms with van der Waals surface area (Å²) in [5.41, 5.74) is 0.615. The van der Waals surface area contributed by atoms with Gasteiger partial charge in [0.05, 0.1) is 32.8 Å². The summed E-state index contributed by atoms with van der Waals surface area (Å²) in [5, 5.41) is 3.74. The van der Waals surface area contributed by atoms with E-state index in [9.17, 15) is 0 Å². The van der Waals surface area contributed by atoms with Crippen molar-refractivity contribution < 1.29 is 18.7 Å². The van der Waals surface area contributed by atoms with E-state index < -0.39 is 0 Å². The first-order chi connectivity index (χ1) is 9.24. The summed E-state index contributed by atoms with van der Waals surface area (Å²) in [6.07, 6.45) is 0. The van der Waals surface area contributed by atoms with Crippen LogP contribution in [0.4, 0.5) is 0 Å². The number of hydrogen-bond acceptors (Lipinski definition) is 6. The summed E-state index contributed by atoms with van der Waals surface area (Å²) in [4.78, 5) is 4.15. The summed E-state index contributed by atoms with van der Waals surface area (Å²) in [7, 11) is 4.61. The van der Waals surface area contributed by atoms with E-state index in [1.807, 2.05) is 0 Å². The van der Waals surface area contributed by atoms with Crippen molar-refractivity contribution in [3.63, 3.8) is 0 Å². The molecule has 0 spiro atoms. The molecule has 0 saturated heterocycles. The molecule has 2 aromatic rings. The molecule has 7 heteroatoms. The molecule has 0 amide bonds. The van der Waals surface area contributed by atoms with Gasteiger partial charge in [0.2, 0.25) is 5.75 Å². The molecule has 6 nitrogen and oxygen atoms in total. The van der Waals surface area contributed by atoms with Crippen molar-refractivity contribution in [2.75, 3.05) is 21.3 Å². The lowest BCUT2D eigenvalue weighted by Crippen LogP contribution is -1.97. The van der Waals surface area contributed by atoms with Crippen LogP contribution in [0.1, 0.15) is 5.82 Å². The van der Waals surface area contributed by atoms with E-state index in [1.165, 1.54) is 14.2 Å². The number of alkyl halides is 1. The first kappa shape index (κ1) is 13.5. The Morgan fingerprint density at radius 1 is 1.11 bits per heavy atom. The summed E-state index contributed by atoms with van der Waals surface area (Å²) in [6, 6.07) is 3.49. The van der Waals surface area contributed by atoms with Gasteiger partial charge < -0.3 is 18.7 Å². The van der Waals surface area contributed by atoms with Crippen LogP contribution in [0.5, 0.6) is 17.2 Å². The maximum Gasteiger partial charge on any atom is 0.261 e. The number of aromatic nitrogens is 2. The molecule has 0 bridgehead atoms. The summed E-state index contributed by atoms with van der Waals surface area (Å²) in [6.45, 7) is 0. The van der Waals surface area contributed by atoms with Gasteiger partial charge in [-0.2, -0.15) is 4.98 Å². The third kappa shape index (κ3) is 2.44. The highest BCUT2D eigenvalue weighted by Gasteiger charge is 2.20. The molecular formula is C12H13ClN2O4. The summed E-state index contributed by atoms with van der Waals surface area (Å²) < 4.78 is 21.0. The zero-order valence-electron chi connectivity index (χ0n) is 10.8. The number of methoxy groups -OCH3 is 3. The monoisotopic (exact) mass is 284 g/mol. The molecule has 19 heavy (non-hydrogen) atoms. The second-order valence-corrected chi connectivity index (χ2v) is 3.80. The van der Waals surface area contributed by atoms with Gasteiger partial charge in [0.25, 0.3) is 5.89 Å². The largest absolute Gasteiger partial charge is 0.493 e. The molecule has 0 aliphatic carbocycles. The molecule has 0 aliphatic rings. The van der Waals surface area contributed by atoms with Crippen LogP contribution in [0, 0.1) is 0 Å². The van der Waals surface area contributed by atoms with Crippen LogP contribution < -0.4 is 14.2 Å². The van der Waals surface area contributed by atoms with Gasteiger partial charge in [-0.25, -0.2) is 0 Å². The van der Waals surface area contributed by atoms with Crippen LogP contribution in [0.25, 0.3) is 11.5 Å². The first-order valence-electron chi connectivity index (χ1n) is 5.43. The fraction of sp³-hybridized carbons (Fsp3) is 0.333. The smallest absolute Gasteiger partial charge is 0.261 e. The Hall–Kier alpha value is -1.95. The summed E-state index contributed by atoms with van der Waals surface area (Å²) >= 11 is 5.65. The normalized spacial score (nSPS) is 10.3. The molecule has 0 radical (unpaired) electrons. The van der Waals surface area contributed by atoms with E-state index in [2.05, 4.69) is 10.1 Å². The van der Waals surface area contributed by atoms with E-state index in [4.69, 9.17) is 30.3 Å². The average Bonchev–Trinajstić information content (AvgIpc) is 2.94. The molecule has 1 heterocycles. The second-order valence-electron chi connectivity index (χ2n) is 3.53. The van der Waals surface area contributed by atoms with Gasteiger partial charge >= 0.3 is 0 Å². The van der Waals surface area contributed by atoms with Crippen LogP contribution >= 0.6 is 11.6 Å². The number of hydrogen-bond donors (Lipinski definition) is 0. The average molecular weight is 285 g/mol. The predicted molar refractivity (Wildman–Crippen MR) is 68.9 cm³/mol. The summed E-state index contributed by atoms with van der Waals surface area (Å²) in [5.74, 6) is 2.39. The van der Waals surface area contributed by atoms with Crippen molar-refractivity contribution in [2.24, 2.45) is 0 Å². The molecule has 0 fully saturated rings. The molecule has 1 aromatic heterocycles. The van der Waals surface area contributed by atoms with Gasteiger partial charge in [0.1, 0.15) is 0 Å². The zero-order valence-corrected chi connectivity index (χ0v) is 11.5. The lowest BCUT2D eigenvalue weighted by Gasteiger charge is -2.13. The Morgan fingerprint density at radius 2 is 1.84 bits per heavy atom. The number of nitrogens with zero attached hydrogens (tertiary/aromatic N) is 2. The van der Waals surface area contributed by atoms with Gasteiger partial charge in [-0.3, -0.25) is 0 Å². The molecule has 1 aromatic carbocycles. The second kappa shape index (κ2) is 5.79. The van der Waals surface area contributed by atoms with E-state index in [1.54, 1.807) is 19.2 Å². The van der Waals surface area contributed by atoms with Crippen molar-refractivity contribution in [1.82, 2.24) is 10.1 Å². The molecular weight excluding hydrogens is 272 g/mol. The van der Waals surface area contributed by atoms with Gasteiger partial charge in [0, 0.05) is 0 Å². The molecule has 2 rings (SSSR count). The Labute approximate surface area is 115 Å². The van der Waals surface area contributed by atoms with Crippen molar-refractivity contribution >= 4 is 11.6 Å². The minimum Gasteiger partial charge on any atom is -0.493 e. The van der Waals surface area contributed by atoms with Gasteiger partial charge in [0.15, 0.2) is 17.3 Å². The third-order valence-corrected chi connectivity index (χ3v) is 2.76. The minimum absolute atomic E-state index is 0.180. The van der Waals surface area contributed by atoms with E-state index in [0.29, 0.717) is 34.5 Å². The molecule has 0 saturated carbocycles. The molecule has 0 atom stereocenters. The standard InChI is InChI=1S/C12H13ClN2O4/c1-16-8-5-4-7(10(17-2)11(8)18-3)12-14-9(6-13)15-19-12/h4-5H,6H2,1-3H3. The van der Waals surface area contributed by atoms with Crippen LogP contribution in [0.15, 0.2) is 16.7 Å². The minimum atomic E-state index is 0.180. The molecule has 0 aliphatic heterocycles. The van der Waals surface area contributed by atoms with Gasteiger partial charge in [-0.15, -0.1) is 11.6 Å². The Morgan fingerprint density at radius 3 is 2.37 bits per heavy atom. The molecule has 0 N–H and O–H groups in total. The van der Waals surface area contributed by atoms with Crippen molar-refractivity contribution in [1.29, 1.82) is 0 Å². The Bertz CT molecular complexity index is 571. The lowest BCUT2D eigenvalue weighted by molar-refractivity contribution is 0.324. The number of benzene rings is 1. The van der Waals surface area contributed by atoms with Gasteiger partial charge in [-0.05, 0) is 12.1 Å². The SMILES string of the molecule is COc1ccc(-c2nc(CCl)no2)c(OC)c1OC. The molecule has 0 unspecified atom stereocenters. The van der Waals surface area contributed by atoms with Crippen LogP contribution in [-0.4, -0.2) is 31.5 Å². The number of rotatable bonds is 5. The van der Waals surface area contributed by atoms with E-state index in [0.717, 1.165) is 0 Å². The van der Waals surface area contributed by atoms with Crippen LogP contribution in [-0.2, 0) is 5.88 Å². The highest BCUT2D eigenvalue weighted by molar-refractivity contribution is 6.16. The zero-order chi connectivity index (χ0) is 13.8. The van der Waals surface area contributed by atoms with Gasteiger partial charge in [-0.1, -0.05) is 5.16 Å². The highest BCUT2D eigenvalue weighted by atomic mass is 35.5. The topological polar surface area (TPSA) is 66.6 Å². The Balaban J connectivity index is 2.56. The van der Waals surface area contributed by atoms with Crippen LogP contribution in [0.3, 0.4) is 0 Å². The predicted octanol–water partition coefficient (Wildman–Crippen LogP) is 2.50. The third-order valence-electron chi connectivity index (χ3n) is 2.52. The molecule has 102 valence electrons. The van der Waals surface area contributed by atoms with Crippen molar-refractivity contribution in [3.05, 3.63) is 18.0 Å². The maximum atomic E-state index is 5.65. The maximum absolute atomic E-state index is 5.65. The fourth-order valence-electron chi connectivity index (χ4n) is 1.69. The first-order valence-corrected chi connectivity index (χ1v) is 5.96. The van der Waals surface area contributed by atoms with E-state index in [-0.39, 0.29) is 5.88 Å². The van der Waals surface area contributed by atoms with Crippen molar-refractivity contribution in [3.8, 4) is 28.7 Å². The van der Waals surface area contributed by atoms with Crippen molar-refractivity contribution in [2.45, 2.75) is 5.88 Å². The fourth-order valence-corrected chi connectivity index (χ4v) is 1.80.